The SMILES string of the molecule is Cl.O=C(CC1CCCC1)N1CCC2(CCNCC2)CC1. The van der Waals surface area contributed by atoms with Gasteiger partial charge in [0.2, 0.25) is 5.91 Å². The van der Waals surface area contributed by atoms with Gasteiger partial charge >= 0.3 is 0 Å². The molecule has 1 N–H and O–H groups in total. The molecule has 20 heavy (non-hydrogen) atoms. The topological polar surface area (TPSA) is 32.3 Å². The van der Waals surface area contributed by atoms with Crippen LogP contribution in [-0.2, 0) is 4.79 Å². The number of nitrogens with one attached hydrogen (secondary N) is 1. The van der Waals surface area contributed by atoms with Gasteiger partial charge in [-0.15, -0.1) is 12.4 Å². The summed E-state index contributed by atoms with van der Waals surface area (Å²) in [5.74, 6) is 1.14. The first-order valence-electron chi connectivity index (χ1n) is 8.26. The van der Waals surface area contributed by atoms with Gasteiger partial charge in [-0.1, -0.05) is 12.8 Å². The number of carbonyl (C=O) groups excluding carboxylic acids is 1. The maximum Gasteiger partial charge on any atom is 0.222 e. The fraction of sp³-hybridized carbons (Fsp3) is 0.938. The normalized spacial score (nSPS) is 26.5. The molecule has 3 fully saturated rings. The van der Waals surface area contributed by atoms with Gasteiger partial charge in [0.1, 0.15) is 0 Å². The number of rotatable bonds is 2. The van der Waals surface area contributed by atoms with Gasteiger partial charge < -0.3 is 10.2 Å². The predicted molar refractivity (Wildman–Crippen MR) is 84.2 cm³/mol. The number of halogens is 1. The van der Waals surface area contributed by atoms with Crippen LogP contribution in [0.2, 0.25) is 0 Å². The zero-order chi connectivity index (χ0) is 13.1. The van der Waals surface area contributed by atoms with Gasteiger partial charge in [-0.05, 0) is 62.9 Å². The second-order valence-electron chi connectivity index (χ2n) is 6.99. The molecule has 2 heterocycles. The molecular weight excluding hydrogens is 272 g/mol. The highest BCUT2D eigenvalue weighted by atomic mass is 35.5. The van der Waals surface area contributed by atoms with Crippen molar-refractivity contribution in [2.24, 2.45) is 11.3 Å². The van der Waals surface area contributed by atoms with Crippen molar-refractivity contribution in [3.8, 4) is 0 Å². The molecule has 0 aromatic rings. The molecular formula is C16H29ClN2O. The number of nitrogens with zero attached hydrogens (tertiary/aromatic N) is 1. The molecule has 2 saturated heterocycles. The lowest BCUT2D eigenvalue weighted by Gasteiger charge is -2.44. The van der Waals surface area contributed by atoms with E-state index >= 15 is 0 Å². The maximum atomic E-state index is 12.3. The van der Waals surface area contributed by atoms with E-state index in [2.05, 4.69) is 10.2 Å². The van der Waals surface area contributed by atoms with Crippen LogP contribution in [-0.4, -0.2) is 37.0 Å². The molecule has 1 amide bonds. The minimum atomic E-state index is 0. The van der Waals surface area contributed by atoms with E-state index < -0.39 is 0 Å². The summed E-state index contributed by atoms with van der Waals surface area (Å²) in [5, 5.41) is 3.46. The number of likely N-dealkylation sites (tertiary alicyclic amines) is 1. The van der Waals surface area contributed by atoms with Crippen molar-refractivity contribution in [1.82, 2.24) is 10.2 Å². The van der Waals surface area contributed by atoms with Crippen LogP contribution in [0, 0.1) is 11.3 Å². The van der Waals surface area contributed by atoms with E-state index in [1.807, 2.05) is 0 Å². The highest BCUT2D eigenvalue weighted by Crippen LogP contribution is 2.39. The molecule has 1 saturated carbocycles. The van der Waals surface area contributed by atoms with Crippen LogP contribution >= 0.6 is 12.4 Å². The summed E-state index contributed by atoms with van der Waals surface area (Å²) in [7, 11) is 0. The largest absolute Gasteiger partial charge is 0.343 e. The molecule has 0 atom stereocenters. The highest BCUT2D eigenvalue weighted by Gasteiger charge is 2.36. The quantitative estimate of drug-likeness (QED) is 0.850. The number of amides is 1. The van der Waals surface area contributed by atoms with Gasteiger partial charge in [-0.2, -0.15) is 0 Å². The van der Waals surface area contributed by atoms with Crippen molar-refractivity contribution in [2.45, 2.75) is 57.8 Å². The highest BCUT2D eigenvalue weighted by molar-refractivity contribution is 5.85. The molecule has 1 aliphatic carbocycles. The van der Waals surface area contributed by atoms with Gasteiger partial charge in [0.15, 0.2) is 0 Å². The van der Waals surface area contributed by atoms with Crippen molar-refractivity contribution in [3.63, 3.8) is 0 Å². The van der Waals surface area contributed by atoms with Crippen molar-refractivity contribution < 1.29 is 4.79 Å². The van der Waals surface area contributed by atoms with E-state index in [0.717, 1.165) is 19.5 Å². The lowest BCUT2D eigenvalue weighted by atomic mass is 9.71. The van der Waals surface area contributed by atoms with Crippen LogP contribution in [0.5, 0.6) is 0 Å². The Morgan fingerprint density at radius 2 is 1.65 bits per heavy atom. The van der Waals surface area contributed by atoms with E-state index in [9.17, 15) is 4.79 Å². The Labute approximate surface area is 129 Å². The summed E-state index contributed by atoms with van der Waals surface area (Å²) in [6.07, 6.45) is 11.2. The summed E-state index contributed by atoms with van der Waals surface area (Å²) in [6.45, 7) is 4.39. The zero-order valence-corrected chi connectivity index (χ0v) is 13.3. The Hall–Kier alpha value is -0.280. The molecule has 3 aliphatic rings. The summed E-state index contributed by atoms with van der Waals surface area (Å²) < 4.78 is 0. The monoisotopic (exact) mass is 300 g/mol. The molecule has 2 aliphatic heterocycles. The molecule has 0 radical (unpaired) electrons. The summed E-state index contributed by atoms with van der Waals surface area (Å²) in [6, 6.07) is 0. The van der Waals surface area contributed by atoms with E-state index in [1.165, 1.54) is 64.5 Å². The molecule has 0 aromatic heterocycles. The number of hydrogen-bond donors (Lipinski definition) is 1. The van der Waals surface area contributed by atoms with E-state index in [0.29, 0.717) is 17.2 Å². The first-order valence-corrected chi connectivity index (χ1v) is 8.26. The van der Waals surface area contributed by atoms with Crippen LogP contribution in [0.3, 0.4) is 0 Å². The molecule has 116 valence electrons. The van der Waals surface area contributed by atoms with E-state index in [4.69, 9.17) is 0 Å². The number of hydrogen-bond acceptors (Lipinski definition) is 2. The van der Waals surface area contributed by atoms with Gasteiger partial charge in [0, 0.05) is 19.5 Å². The third kappa shape index (κ3) is 3.67. The third-order valence-corrected chi connectivity index (χ3v) is 5.78. The van der Waals surface area contributed by atoms with Crippen molar-refractivity contribution in [2.75, 3.05) is 26.2 Å². The summed E-state index contributed by atoms with van der Waals surface area (Å²) in [4.78, 5) is 14.5. The Morgan fingerprint density at radius 3 is 2.25 bits per heavy atom. The molecule has 3 rings (SSSR count). The molecule has 0 aromatic carbocycles. The van der Waals surface area contributed by atoms with Crippen LogP contribution < -0.4 is 5.32 Å². The van der Waals surface area contributed by atoms with Crippen LogP contribution in [0.4, 0.5) is 0 Å². The summed E-state index contributed by atoms with van der Waals surface area (Å²) in [5.41, 5.74) is 0.565. The standard InChI is InChI=1S/C16H28N2O.ClH/c19-15(13-14-3-1-2-4-14)18-11-7-16(8-12-18)5-9-17-10-6-16;/h14,17H,1-13H2;1H. The fourth-order valence-electron chi connectivity index (χ4n) is 4.28. The lowest BCUT2D eigenvalue weighted by molar-refractivity contribution is -0.134. The Kier molecular flexibility index (Phi) is 5.74. The first-order chi connectivity index (χ1) is 9.27. The lowest BCUT2D eigenvalue weighted by Crippen LogP contribution is -2.47. The number of piperidine rings is 2. The van der Waals surface area contributed by atoms with Gasteiger partial charge in [0.05, 0.1) is 0 Å². The second kappa shape index (κ2) is 7.13. The van der Waals surface area contributed by atoms with Crippen LogP contribution in [0.15, 0.2) is 0 Å². The van der Waals surface area contributed by atoms with Crippen molar-refractivity contribution in [3.05, 3.63) is 0 Å². The van der Waals surface area contributed by atoms with Gasteiger partial charge in [0.25, 0.3) is 0 Å². The number of carbonyl (C=O) groups is 1. The average Bonchev–Trinajstić information content (AvgIpc) is 2.93. The Balaban J connectivity index is 0.00000147. The van der Waals surface area contributed by atoms with Crippen LogP contribution in [0.25, 0.3) is 0 Å². The third-order valence-electron chi connectivity index (χ3n) is 5.78. The van der Waals surface area contributed by atoms with Gasteiger partial charge in [-0.3, -0.25) is 4.79 Å². The molecule has 3 nitrogen and oxygen atoms in total. The van der Waals surface area contributed by atoms with E-state index in [1.54, 1.807) is 0 Å². The van der Waals surface area contributed by atoms with Crippen LogP contribution in [0.1, 0.15) is 57.8 Å². The first kappa shape index (κ1) is 16.1. The fourth-order valence-corrected chi connectivity index (χ4v) is 4.28. The summed E-state index contributed by atoms with van der Waals surface area (Å²) >= 11 is 0. The predicted octanol–water partition coefficient (Wildman–Crippen LogP) is 2.98. The molecule has 0 unspecified atom stereocenters. The molecule has 0 bridgehead atoms. The Bertz CT molecular complexity index is 312. The maximum absolute atomic E-state index is 12.3. The van der Waals surface area contributed by atoms with Gasteiger partial charge in [-0.25, -0.2) is 0 Å². The minimum absolute atomic E-state index is 0. The van der Waals surface area contributed by atoms with Crippen molar-refractivity contribution >= 4 is 18.3 Å². The van der Waals surface area contributed by atoms with E-state index in [-0.39, 0.29) is 12.4 Å². The minimum Gasteiger partial charge on any atom is -0.343 e. The average molecular weight is 301 g/mol. The Morgan fingerprint density at radius 1 is 1.05 bits per heavy atom. The molecule has 1 spiro atoms. The van der Waals surface area contributed by atoms with Crippen molar-refractivity contribution in [1.29, 1.82) is 0 Å². The zero-order valence-electron chi connectivity index (χ0n) is 12.5. The smallest absolute Gasteiger partial charge is 0.222 e. The second-order valence-corrected chi connectivity index (χ2v) is 6.99. The molecule has 4 heteroatoms.